The van der Waals surface area contributed by atoms with Gasteiger partial charge < -0.3 is 9.88 Å². The predicted octanol–water partition coefficient (Wildman–Crippen LogP) is 3.32. The molecule has 0 saturated carbocycles. The van der Waals surface area contributed by atoms with Gasteiger partial charge in [0, 0.05) is 25.7 Å². The van der Waals surface area contributed by atoms with Gasteiger partial charge in [-0.15, -0.1) is 0 Å². The summed E-state index contributed by atoms with van der Waals surface area (Å²) in [7, 11) is 0. The lowest BCUT2D eigenvalue weighted by atomic mass is 9.99. The fourth-order valence-corrected chi connectivity index (χ4v) is 3.30. The van der Waals surface area contributed by atoms with Crippen molar-refractivity contribution in [3.63, 3.8) is 0 Å². The number of nitrogens with one attached hydrogen (secondary N) is 1. The van der Waals surface area contributed by atoms with Gasteiger partial charge in [-0.2, -0.15) is 24.5 Å². The van der Waals surface area contributed by atoms with Crippen LogP contribution in [0.2, 0.25) is 0 Å². The Bertz CT molecular complexity index is 589. The maximum absolute atomic E-state index is 12.6. The Hall–Kier alpha value is -1.34. The fourth-order valence-electron chi connectivity index (χ4n) is 2.63. The monoisotopic (exact) mass is 315 g/mol. The summed E-state index contributed by atoms with van der Waals surface area (Å²) in [6, 6.07) is 2.07. The van der Waals surface area contributed by atoms with Crippen molar-refractivity contribution in [3.8, 4) is 0 Å². The van der Waals surface area contributed by atoms with E-state index in [0.717, 1.165) is 25.7 Å². The van der Waals surface area contributed by atoms with Gasteiger partial charge >= 0.3 is 6.18 Å². The molecule has 1 unspecified atom stereocenters. The Morgan fingerprint density at radius 1 is 1.43 bits per heavy atom. The lowest BCUT2D eigenvalue weighted by Gasteiger charge is -2.23. The average molecular weight is 315 g/mol. The summed E-state index contributed by atoms with van der Waals surface area (Å²) in [5.74, 6) is 0.905. The quantitative estimate of drug-likeness (QED) is 0.938. The van der Waals surface area contributed by atoms with Crippen molar-refractivity contribution in [3.05, 3.63) is 40.1 Å². The molecule has 2 aromatic rings. The minimum absolute atomic E-state index is 0.353. The van der Waals surface area contributed by atoms with Crippen LogP contribution in [-0.2, 0) is 25.7 Å². The number of halogens is 3. The molecular formula is C14H16F3N3S. The number of hydrogen-bond donors (Lipinski definition) is 1. The number of aryl methyl sites for hydroxylation is 1. The highest BCUT2D eigenvalue weighted by atomic mass is 32.1. The summed E-state index contributed by atoms with van der Waals surface area (Å²) < 4.78 is 39.6. The number of fused-ring (bicyclic) bond motifs is 1. The molecule has 1 aliphatic rings. The van der Waals surface area contributed by atoms with Crippen LogP contribution in [0.3, 0.4) is 0 Å². The largest absolute Gasteiger partial charge is 0.434 e. The van der Waals surface area contributed by atoms with Gasteiger partial charge in [0.25, 0.3) is 0 Å². The van der Waals surface area contributed by atoms with Gasteiger partial charge in [0.05, 0.1) is 0 Å². The van der Waals surface area contributed by atoms with Crippen LogP contribution in [0.1, 0.15) is 23.5 Å². The molecule has 1 N–H and O–H groups in total. The van der Waals surface area contributed by atoms with Crippen LogP contribution in [0, 0.1) is 5.92 Å². The molecule has 0 aromatic carbocycles. The maximum Gasteiger partial charge on any atom is 0.434 e. The van der Waals surface area contributed by atoms with E-state index >= 15 is 0 Å². The number of alkyl halides is 3. The summed E-state index contributed by atoms with van der Waals surface area (Å²) in [4.78, 5) is 3.70. The van der Waals surface area contributed by atoms with Crippen LogP contribution in [0.15, 0.2) is 23.0 Å². The lowest BCUT2D eigenvalue weighted by Crippen LogP contribution is -2.29. The fraction of sp³-hybridized carbons (Fsp3) is 0.500. The zero-order valence-electron chi connectivity index (χ0n) is 11.4. The number of thiophene rings is 1. The van der Waals surface area contributed by atoms with E-state index in [1.807, 2.05) is 5.38 Å². The van der Waals surface area contributed by atoms with Gasteiger partial charge in [-0.1, -0.05) is 0 Å². The molecule has 1 atom stereocenters. The Morgan fingerprint density at radius 3 is 3.00 bits per heavy atom. The van der Waals surface area contributed by atoms with E-state index in [1.165, 1.54) is 5.56 Å². The Morgan fingerprint density at radius 2 is 2.29 bits per heavy atom. The first kappa shape index (κ1) is 14.6. The summed E-state index contributed by atoms with van der Waals surface area (Å²) >= 11 is 1.66. The molecule has 1 aliphatic heterocycles. The second-order valence-electron chi connectivity index (χ2n) is 5.36. The smallest absolute Gasteiger partial charge is 0.334 e. The average Bonchev–Trinajstić information content (AvgIpc) is 3.05. The zero-order valence-corrected chi connectivity index (χ0v) is 12.2. The van der Waals surface area contributed by atoms with Crippen molar-refractivity contribution < 1.29 is 13.2 Å². The van der Waals surface area contributed by atoms with Crippen LogP contribution in [-0.4, -0.2) is 16.1 Å². The first-order chi connectivity index (χ1) is 10.0. The highest BCUT2D eigenvalue weighted by molar-refractivity contribution is 7.07. The molecule has 7 heteroatoms. The summed E-state index contributed by atoms with van der Waals surface area (Å²) in [6.45, 7) is 2.23. The van der Waals surface area contributed by atoms with Gasteiger partial charge in [-0.05, 0) is 41.3 Å². The number of nitrogens with zero attached hydrogens (tertiary/aromatic N) is 2. The van der Waals surface area contributed by atoms with Crippen LogP contribution in [0.25, 0.3) is 0 Å². The molecule has 21 heavy (non-hydrogen) atoms. The Balaban J connectivity index is 1.56. The van der Waals surface area contributed by atoms with E-state index in [-0.39, 0.29) is 0 Å². The van der Waals surface area contributed by atoms with Crippen molar-refractivity contribution in [2.24, 2.45) is 5.92 Å². The van der Waals surface area contributed by atoms with Crippen molar-refractivity contribution in [1.29, 1.82) is 0 Å². The predicted molar refractivity (Wildman–Crippen MR) is 75.1 cm³/mol. The minimum atomic E-state index is -4.35. The first-order valence-corrected chi connectivity index (χ1v) is 7.81. The number of rotatable bonds is 4. The van der Waals surface area contributed by atoms with Crippen LogP contribution >= 0.6 is 11.3 Å². The Kier molecular flexibility index (Phi) is 4.03. The third kappa shape index (κ3) is 3.47. The third-order valence-corrected chi connectivity index (χ3v) is 4.45. The second kappa shape index (κ2) is 5.81. The lowest BCUT2D eigenvalue weighted by molar-refractivity contribution is -0.141. The third-order valence-electron chi connectivity index (χ3n) is 3.72. The van der Waals surface area contributed by atoms with E-state index in [2.05, 4.69) is 21.7 Å². The molecular weight excluding hydrogens is 299 g/mol. The molecule has 0 radical (unpaired) electrons. The van der Waals surface area contributed by atoms with Crippen LogP contribution in [0.5, 0.6) is 0 Å². The molecule has 0 amide bonds. The van der Waals surface area contributed by atoms with Crippen molar-refractivity contribution >= 4 is 11.3 Å². The van der Waals surface area contributed by atoms with Crippen LogP contribution < -0.4 is 5.32 Å². The second-order valence-corrected chi connectivity index (χ2v) is 6.14. The molecule has 3 rings (SSSR count). The zero-order chi connectivity index (χ0) is 14.9. The van der Waals surface area contributed by atoms with Gasteiger partial charge in [0.2, 0.25) is 0 Å². The molecule has 0 bridgehead atoms. The molecule has 0 spiro atoms. The molecule has 114 valence electrons. The van der Waals surface area contributed by atoms with E-state index in [9.17, 15) is 13.2 Å². The molecule has 3 heterocycles. The van der Waals surface area contributed by atoms with Crippen molar-refractivity contribution in [2.45, 2.75) is 32.1 Å². The van der Waals surface area contributed by atoms with E-state index in [0.29, 0.717) is 24.7 Å². The van der Waals surface area contributed by atoms with Gasteiger partial charge in [0.1, 0.15) is 5.82 Å². The first-order valence-electron chi connectivity index (χ1n) is 6.87. The molecule has 3 nitrogen and oxygen atoms in total. The normalized spacial score (nSPS) is 18.7. The topological polar surface area (TPSA) is 29.9 Å². The molecule has 2 aromatic heterocycles. The number of aromatic nitrogens is 2. The minimum Gasteiger partial charge on any atom is -0.334 e. The number of hydrogen-bond acceptors (Lipinski definition) is 3. The molecule has 0 aliphatic carbocycles. The standard InChI is InChI=1S/C14H16F3N3S/c15-14(16,17)12-8-20-7-10(1-2-13(20)19-12)5-18-6-11-3-4-21-9-11/h3-4,8-10,18H,1-2,5-7H2. The highest BCUT2D eigenvalue weighted by Gasteiger charge is 2.35. The van der Waals surface area contributed by atoms with E-state index in [4.69, 9.17) is 0 Å². The van der Waals surface area contributed by atoms with Crippen LogP contribution in [0.4, 0.5) is 13.2 Å². The number of imidazole rings is 1. The molecule has 0 saturated heterocycles. The molecule has 0 fully saturated rings. The van der Waals surface area contributed by atoms with Crippen molar-refractivity contribution in [2.75, 3.05) is 6.54 Å². The van der Waals surface area contributed by atoms with E-state index in [1.54, 1.807) is 15.9 Å². The highest BCUT2D eigenvalue weighted by Crippen LogP contribution is 2.30. The Labute approximate surface area is 124 Å². The van der Waals surface area contributed by atoms with Gasteiger partial charge in [-0.3, -0.25) is 0 Å². The van der Waals surface area contributed by atoms with Gasteiger partial charge in [-0.25, -0.2) is 4.98 Å². The van der Waals surface area contributed by atoms with E-state index < -0.39 is 11.9 Å². The van der Waals surface area contributed by atoms with Crippen molar-refractivity contribution in [1.82, 2.24) is 14.9 Å². The van der Waals surface area contributed by atoms with Gasteiger partial charge in [0.15, 0.2) is 5.69 Å². The SMILES string of the molecule is FC(F)(F)c1cn2c(n1)CCC(CNCc1ccsc1)C2. The summed E-state index contributed by atoms with van der Waals surface area (Å²) in [5, 5.41) is 7.51. The maximum atomic E-state index is 12.6. The summed E-state index contributed by atoms with van der Waals surface area (Å²) in [6.07, 6.45) is -1.72. The summed E-state index contributed by atoms with van der Waals surface area (Å²) in [5.41, 5.74) is 0.475.